The van der Waals surface area contributed by atoms with Crippen LogP contribution in [0.2, 0.25) is 0 Å². The molecular weight excluding hydrogens is 246 g/mol. The van der Waals surface area contributed by atoms with E-state index in [1.807, 2.05) is 0 Å². The average molecular weight is 275 g/mol. The summed E-state index contributed by atoms with van der Waals surface area (Å²) in [5, 5.41) is 8.37. The Morgan fingerprint density at radius 1 is 1.25 bits per heavy atom. The molecule has 0 aliphatic heterocycles. The summed E-state index contributed by atoms with van der Waals surface area (Å²) < 4.78 is 2.17. The average Bonchev–Trinajstić information content (AvgIpc) is 2.89. The predicted octanol–water partition coefficient (Wildman–Crippen LogP) is 3.42. The van der Waals surface area contributed by atoms with E-state index < -0.39 is 0 Å². The van der Waals surface area contributed by atoms with Crippen molar-refractivity contribution in [1.29, 1.82) is 0 Å². The molecule has 20 heavy (non-hydrogen) atoms. The van der Waals surface area contributed by atoms with Gasteiger partial charge in [0.1, 0.15) is 0 Å². The molecule has 1 N–H and O–H groups in total. The highest BCUT2D eigenvalue weighted by Crippen LogP contribution is 2.55. The minimum Gasteiger partial charge on any atom is -0.316 e. The van der Waals surface area contributed by atoms with Crippen LogP contribution in [0.4, 0.5) is 0 Å². The standard InChI is InChI=1S/C17H29N3/c1-4-16(5-2)20-7-6-15(19-20)11-17(18-3)14-9-12-8-13(12)10-14/h6-7,12-14,16-18H,4-5,8-11H2,1-3H3. The number of nitrogens with zero attached hydrogens (tertiary/aromatic N) is 2. The third-order valence-electron chi connectivity index (χ3n) is 5.63. The largest absolute Gasteiger partial charge is 0.316 e. The Balaban J connectivity index is 1.61. The van der Waals surface area contributed by atoms with Crippen LogP contribution in [0.25, 0.3) is 0 Å². The zero-order valence-electron chi connectivity index (χ0n) is 13.2. The molecule has 1 aromatic heterocycles. The molecule has 0 amide bonds. The van der Waals surface area contributed by atoms with Crippen molar-refractivity contribution < 1.29 is 0 Å². The molecule has 3 atom stereocenters. The molecule has 2 aliphatic carbocycles. The van der Waals surface area contributed by atoms with Gasteiger partial charge in [0, 0.05) is 18.7 Å². The normalized spacial score (nSPS) is 29.7. The molecular formula is C17H29N3. The Morgan fingerprint density at radius 2 is 1.95 bits per heavy atom. The van der Waals surface area contributed by atoms with Crippen molar-refractivity contribution in [2.24, 2.45) is 17.8 Å². The van der Waals surface area contributed by atoms with Crippen molar-refractivity contribution in [3.05, 3.63) is 18.0 Å². The fourth-order valence-electron chi connectivity index (χ4n) is 4.17. The molecule has 0 saturated heterocycles. The minimum atomic E-state index is 0.566. The highest BCUT2D eigenvalue weighted by atomic mass is 15.3. The molecule has 3 rings (SSSR count). The van der Waals surface area contributed by atoms with Crippen LogP contribution in [-0.2, 0) is 6.42 Å². The summed E-state index contributed by atoms with van der Waals surface area (Å²) in [6.07, 6.45) is 10.0. The molecule has 112 valence electrons. The van der Waals surface area contributed by atoms with Crippen LogP contribution in [-0.4, -0.2) is 22.9 Å². The first kappa shape index (κ1) is 14.1. The number of aromatic nitrogens is 2. The fourth-order valence-corrected chi connectivity index (χ4v) is 4.17. The van der Waals surface area contributed by atoms with Gasteiger partial charge in [-0.05, 0) is 63.0 Å². The topological polar surface area (TPSA) is 29.9 Å². The summed E-state index contributed by atoms with van der Waals surface area (Å²) in [5.41, 5.74) is 1.26. The molecule has 2 saturated carbocycles. The lowest BCUT2D eigenvalue weighted by Gasteiger charge is -2.23. The van der Waals surface area contributed by atoms with Crippen LogP contribution < -0.4 is 5.32 Å². The van der Waals surface area contributed by atoms with E-state index in [9.17, 15) is 0 Å². The maximum Gasteiger partial charge on any atom is 0.0640 e. The summed E-state index contributed by atoms with van der Waals surface area (Å²) in [5.74, 6) is 3.01. The monoisotopic (exact) mass is 275 g/mol. The Kier molecular flexibility index (Phi) is 4.16. The van der Waals surface area contributed by atoms with Gasteiger partial charge in [-0.25, -0.2) is 0 Å². The van der Waals surface area contributed by atoms with Gasteiger partial charge in [0.15, 0.2) is 0 Å². The molecule has 2 fully saturated rings. The van der Waals surface area contributed by atoms with Crippen molar-refractivity contribution in [3.63, 3.8) is 0 Å². The lowest BCUT2D eigenvalue weighted by molar-refractivity contribution is 0.344. The first-order valence-corrected chi connectivity index (χ1v) is 8.46. The molecule has 0 spiro atoms. The second kappa shape index (κ2) is 5.88. The van der Waals surface area contributed by atoms with Crippen molar-refractivity contribution in [2.45, 2.75) is 64.5 Å². The van der Waals surface area contributed by atoms with Gasteiger partial charge in [0.25, 0.3) is 0 Å². The zero-order chi connectivity index (χ0) is 14.1. The van der Waals surface area contributed by atoms with Gasteiger partial charge in [-0.1, -0.05) is 13.8 Å². The van der Waals surface area contributed by atoms with Gasteiger partial charge in [0.05, 0.1) is 11.7 Å². The van der Waals surface area contributed by atoms with E-state index >= 15 is 0 Å². The van der Waals surface area contributed by atoms with Crippen LogP contribution in [0.15, 0.2) is 12.3 Å². The summed E-state index contributed by atoms with van der Waals surface area (Å²) in [4.78, 5) is 0. The van der Waals surface area contributed by atoms with Crippen molar-refractivity contribution >= 4 is 0 Å². The van der Waals surface area contributed by atoms with Crippen molar-refractivity contribution in [3.8, 4) is 0 Å². The van der Waals surface area contributed by atoms with Crippen LogP contribution in [0.3, 0.4) is 0 Å². The summed E-state index contributed by atoms with van der Waals surface area (Å²) >= 11 is 0. The van der Waals surface area contributed by atoms with Crippen LogP contribution in [0, 0.1) is 17.8 Å². The Labute approximate surface area is 123 Å². The van der Waals surface area contributed by atoms with Crippen molar-refractivity contribution in [2.75, 3.05) is 7.05 Å². The number of nitrogens with one attached hydrogen (secondary N) is 1. The Hall–Kier alpha value is -0.830. The van der Waals surface area contributed by atoms with Gasteiger partial charge in [-0.3, -0.25) is 4.68 Å². The van der Waals surface area contributed by atoms with E-state index in [-0.39, 0.29) is 0 Å². The zero-order valence-corrected chi connectivity index (χ0v) is 13.2. The molecule has 1 aromatic rings. The molecule has 0 aromatic carbocycles. The second-order valence-electron chi connectivity index (χ2n) is 6.84. The predicted molar refractivity (Wildman–Crippen MR) is 82.7 cm³/mol. The van der Waals surface area contributed by atoms with E-state index in [2.05, 4.69) is 43.2 Å². The minimum absolute atomic E-state index is 0.566. The molecule has 0 bridgehead atoms. The molecule has 3 nitrogen and oxygen atoms in total. The number of hydrogen-bond acceptors (Lipinski definition) is 2. The highest BCUT2D eigenvalue weighted by molar-refractivity contribution is 5.06. The smallest absolute Gasteiger partial charge is 0.0640 e. The molecule has 1 heterocycles. The Bertz CT molecular complexity index is 425. The van der Waals surface area contributed by atoms with E-state index in [0.717, 1.165) is 24.2 Å². The third kappa shape index (κ3) is 2.78. The van der Waals surface area contributed by atoms with Crippen LogP contribution in [0.5, 0.6) is 0 Å². The van der Waals surface area contributed by atoms with Gasteiger partial charge >= 0.3 is 0 Å². The summed E-state index contributed by atoms with van der Waals surface area (Å²) in [6.45, 7) is 4.49. The maximum atomic E-state index is 4.82. The van der Waals surface area contributed by atoms with Crippen LogP contribution >= 0.6 is 0 Å². The quantitative estimate of drug-likeness (QED) is 0.826. The van der Waals surface area contributed by atoms with E-state index in [4.69, 9.17) is 5.10 Å². The highest BCUT2D eigenvalue weighted by Gasteiger charge is 2.47. The first-order valence-electron chi connectivity index (χ1n) is 8.46. The number of hydrogen-bond donors (Lipinski definition) is 1. The van der Waals surface area contributed by atoms with E-state index in [1.54, 1.807) is 0 Å². The lowest BCUT2D eigenvalue weighted by Crippen LogP contribution is -2.35. The lowest BCUT2D eigenvalue weighted by atomic mass is 9.91. The molecule has 0 radical (unpaired) electrons. The molecule has 2 aliphatic rings. The van der Waals surface area contributed by atoms with Crippen molar-refractivity contribution in [1.82, 2.24) is 15.1 Å². The van der Waals surface area contributed by atoms with Gasteiger partial charge in [-0.15, -0.1) is 0 Å². The number of rotatable bonds is 7. The summed E-state index contributed by atoms with van der Waals surface area (Å²) in [7, 11) is 2.12. The fraction of sp³-hybridized carbons (Fsp3) is 0.824. The van der Waals surface area contributed by atoms with Crippen LogP contribution in [0.1, 0.15) is 57.7 Å². The maximum absolute atomic E-state index is 4.82. The Morgan fingerprint density at radius 3 is 2.55 bits per heavy atom. The van der Waals surface area contributed by atoms with Gasteiger partial charge in [-0.2, -0.15) is 5.10 Å². The summed E-state index contributed by atoms with van der Waals surface area (Å²) in [6, 6.07) is 3.40. The number of likely N-dealkylation sites (N-methyl/N-ethyl adjacent to an activating group) is 1. The molecule has 3 unspecified atom stereocenters. The second-order valence-corrected chi connectivity index (χ2v) is 6.84. The van der Waals surface area contributed by atoms with E-state index in [1.165, 1.54) is 37.8 Å². The molecule has 3 heteroatoms. The van der Waals surface area contributed by atoms with E-state index in [0.29, 0.717) is 12.1 Å². The SMILES string of the molecule is CCC(CC)n1ccc(CC(NC)C2CC3CC3C2)n1. The third-order valence-corrected chi connectivity index (χ3v) is 5.63. The van der Waals surface area contributed by atoms with Gasteiger partial charge in [0.2, 0.25) is 0 Å². The van der Waals surface area contributed by atoms with Gasteiger partial charge < -0.3 is 5.32 Å². The number of fused-ring (bicyclic) bond motifs is 1. The first-order chi connectivity index (χ1) is 9.75.